The van der Waals surface area contributed by atoms with Crippen LogP contribution in [-0.2, 0) is 4.74 Å². The van der Waals surface area contributed by atoms with E-state index >= 15 is 0 Å². The van der Waals surface area contributed by atoms with E-state index in [-0.39, 0.29) is 5.97 Å². The van der Waals surface area contributed by atoms with Crippen molar-refractivity contribution in [2.45, 2.75) is 6.92 Å². The largest absolute Gasteiger partial charge is 0.462 e. The number of hydrogen-bond acceptors (Lipinski definition) is 4. The van der Waals surface area contributed by atoms with Crippen molar-refractivity contribution in [1.29, 1.82) is 0 Å². The highest BCUT2D eigenvalue weighted by molar-refractivity contribution is 7.20. The first kappa shape index (κ1) is 11.2. The Kier molecular flexibility index (Phi) is 2.72. The summed E-state index contributed by atoms with van der Waals surface area (Å²) in [5.74, 6) is -0.254. The predicted molar refractivity (Wildman–Crippen MR) is 73.1 cm³/mol. The second-order valence-corrected chi connectivity index (χ2v) is 4.96. The topological polar surface area (TPSA) is 39.2 Å². The molecule has 0 radical (unpaired) electrons. The Morgan fingerprint density at radius 1 is 1.33 bits per heavy atom. The molecular formula is C14H11NO2S. The standard InChI is InChI=1S/C14H11NO2S/c1-2-17-14(16)13-8-10-9-4-3-7-15-11(9)5-6-12(10)18-13/h3-8H,2H2,1H3. The predicted octanol–water partition coefficient (Wildman–Crippen LogP) is 3.63. The molecule has 0 spiro atoms. The maximum Gasteiger partial charge on any atom is 0.348 e. The molecule has 1 aromatic carbocycles. The van der Waals surface area contributed by atoms with Crippen molar-refractivity contribution >= 4 is 38.3 Å². The minimum absolute atomic E-state index is 0.254. The highest BCUT2D eigenvalue weighted by Crippen LogP contribution is 2.31. The molecule has 0 aliphatic rings. The number of benzene rings is 1. The highest BCUT2D eigenvalue weighted by atomic mass is 32.1. The number of carbonyl (C=O) groups is 1. The number of aromatic nitrogens is 1. The Morgan fingerprint density at radius 3 is 3.06 bits per heavy atom. The molecular weight excluding hydrogens is 246 g/mol. The van der Waals surface area contributed by atoms with E-state index in [0.29, 0.717) is 11.5 Å². The fourth-order valence-electron chi connectivity index (χ4n) is 1.97. The van der Waals surface area contributed by atoms with Crippen molar-refractivity contribution in [2.75, 3.05) is 6.61 Å². The molecule has 3 nitrogen and oxygen atoms in total. The number of carbonyl (C=O) groups excluding carboxylic acids is 1. The van der Waals surface area contributed by atoms with E-state index in [1.165, 1.54) is 11.3 Å². The van der Waals surface area contributed by atoms with Crippen LogP contribution in [0.1, 0.15) is 16.6 Å². The summed E-state index contributed by atoms with van der Waals surface area (Å²) >= 11 is 1.46. The van der Waals surface area contributed by atoms with Gasteiger partial charge in [-0.05, 0) is 31.2 Å². The average molecular weight is 257 g/mol. The third kappa shape index (κ3) is 1.75. The zero-order valence-electron chi connectivity index (χ0n) is 9.84. The second-order valence-electron chi connectivity index (χ2n) is 3.88. The van der Waals surface area contributed by atoms with Gasteiger partial charge in [0.25, 0.3) is 0 Å². The summed E-state index contributed by atoms with van der Waals surface area (Å²) in [5, 5.41) is 2.13. The van der Waals surface area contributed by atoms with Crippen LogP contribution in [0.2, 0.25) is 0 Å². The summed E-state index contributed by atoms with van der Waals surface area (Å²) in [6.45, 7) is 2.21. The first-order valence-corrected chi connectivity index (χ1v) is 6.55. The Hall–Kier alpha value is -1.94. The molecule has 90 valence electrons. The van der Waals surface area contributed by atoms with Crippen LogP contribution < -0.4 is 0 Å². The Labute approximate surface area is 108 Å². The SMILES string of the molecule is CCOC(=O)c1cc2c(ccc3ncccc32)s1. The van der Waals surface area contributed by atoms with Crippen LogP contribution in [0.25, 0.3) is 21.0 Å². The zero-order chi connectivity index (χ0) is 12.5. The van der Waals surface area contributed by atoms with Crippen molar-refractivity contribution in [1.82, 2.24) is 4.98 Å². The number of esters is 1. The third-order valence-electron chi connectivity index (χ3n) is 2.76. The van der Waals surface area contributed by atoms with Gasteiger partial charge in [0.05, 0.1) is 12.1 Å². The van der Waals surface area contributed by atoms with Gasteiger partial charge in [-0.25, -0.2) is 4.79 Å². The Bertz CT molecular complexity index is 733. The van der Waals surface area contributed by atoms with Crippen LogP contribution in [0, 0.1) is 0 Å². The monoisotopic (exact) mass is 257 g/mol. The molecule has 3 rings (SSSR count). The van der Waals surface area contributed by atoms with Gasteiger partial charge in [0.15, 0.2) is 0 Å². The number of pyridine rings is 1. The summed E-state index contributed by atoms with van der Waals surface area (Å²) in [7, 11) is 0. The van der Waals surface area contributed by atoms with Crippen LogP contribution in [0.15, 0.2) is 36.5 Å². The minimum atomic E-state index is -0.254. The fourth-order valence-corrected chi connectivity index (χ4v) is 2.95. The number of fused-ring (bicyclic) bond motifs is 3. The van der Waals surface area contributed by atoms with Crippen molar-refractivity contribution in [2.24, 2.45) is 0 Å². The molecule has 2 aromatic heterocycles. The second kappa shape index (κ2) is 4.38. The highest BCUT2D eigenvalue weighted by Gasteiger charge is 2.12. The van der Waals surface area contributed by atoms with Crippen molar-refractivity contribution in [3.8, 4) is 0 Å². The first-order chi connectivity index (χ1) is 8.79. The molecule has 0 aliphatic carbocycles. The van der Waals surface area contributed by atoms with Gasteiger partial charge in [-0.1, -0.05) is 6.07 Å². The van der Waals surface area contributed by atoms with Gasteiger partial charge in [0.1, 0.15) is 4.88 Å². The molecule has 0 atom stereocenters. The molecule has 18 heavy (non-hydrogen) atoms. The number of nitrogens with zero attached hydrogens (tertiary/aromatic N) is 1. The van der Waals surface area contributed by atoms with E-state index in [4.69, 9.17) is 4.74 Å². The van der Waals surface area contributed by atoms with Crippen molar-refractivity contribution in [3.63, 3.8) is 0 Å². The van der Waals surface area contributed by atoms with Gasteiger partial charge < -0.3 is 4.74 Å². The van der Waals surface area contributed by atoms with Crippen LogP contribution in [0.5, 0.6) is 0 Å². The maximum atomic E-state index is 11.7. The number of rotatable bonds is 2. The molecule has 0 fully saturated rings. The van der Waals surface area contributed by atoms with Crippen LogP contribution in [0.4, 0.5) is 0 Å². The third-order valence-corrected chi connectivity index (χ3v) is 3.84. The lowest BCUT2D eigenvalue weighted by Crippen LogP contribution is -2.01. The van der Waals surface area contributed by atoms with E-state index in [2.05, 4.69) is 4.98 Å². The molecule has 4 heteroatoms. The number of thiophene rings is 1. The Balaban J connectivity index is 2.22. The smallest absolute Gasteiger partial charge is 0.348 e. The van der Waals surface area contributed by atoms with Gasteiger partial charge in [-0.15, -0.1) is 11.3 Å². The summed E-state index contributed by atoms with van der Waals surface area (Å²) in [4.78, 5) is 16.7. The van der Waals surface area contributed by atoms with Crippen LogP contribution in [0.3, 0.4) is 0 Å². The summed E-state index contributed by atoms with van der Waals surface area (Å²) in [5.41, 5.74) is 0.943. The van der Waals surface area contributed by atoms with Gasteiger partial charge in [-0.2, -0.15) is 0 Å². The van der Waals surface area contributed by atoms with Crippen LogP contribution in [-0.4, -0.2) is 17.6 Å². The van der Waals surface area contributed by atoms with Gasteiger partial charge >= 0.3 is 5.97 Å². The van der Waals surface area contributed by atoms with Gasteiger partial charge in [0, 0.05) is 21.7 Å². The number of ether oxygens (including phenoxy) is 1. The summed E-state index contributed by atoms with van der Waals surface area (Å²) < 4.78 is 6.11. The van der Waals surface area contributed by atoms with Gasteiger partial charge in [-0.3, -0.25) is 4.98 Å². The van der Waals surface area contributed by atoms with E-state index in [9.17, 15) is 4.79 Å². The summed E-state index contributed by atoms with van der Waals surface area (Å²) in [6.07, 6.45) is 1.77. The maximum absolute atomic E-state index is 11.7. The number of hydrogen-bond donors (Lipinski definition) is 0. The summed E-state index contributed by atoms with van der Waals surface area (Å²) in [6, 6.07) is 9.79. The molecule has 0 amide bonds. The molecule has 0 bridgehead atoms. The quantitative estimate of drug-likeness (QED) is 0.658. The molecule has 0 unspecified atom stereocenters. The molecule has 0 N–H and O–H groups in total. The van der Waals surface area contributed by atoms with E-state index in [1.807, 2.05) is 37.3 Å². The van der Waals surface area contributed by atoms with Crippen molar-refractivity contribution in [3.05, 3.63) is 41.4 Å². The average Bonchev–Trinajstić information content (AvgIpc) is 2.83. The molecule has 0 saturated carbocycles. The lowest BCUT2D eigenvalue weighted by atomic mass is 10.1. The van der Waals surface area contributed by atoms with Gasteiger partial charge in [0.2, 0.25) is 0 Å². The normalized spacial score (nSPS) is 10.9. The first-order valence-electron chi connectivity index (χ1n) is 5.74. The van der Waals surface area contributed by atoms with E-state index in [1.54, 1.807) is 6.20 Å². The zero-order valence-corrected chi connectivity index (χ0v) is 10.7. The molecule has 2 heterocycles. The van der Waals surface area contributed by atoms with Crippen LogP contribution >= 0.6 is 11.3 Å². The van der Waals surface area contributed by atoms with E-state index < -0.39 is 0 Å². The Morgan fingerprint density at radius 2 is 2.22 bits per heavy atom. The van der Waals surface area contributed by atoms with Crippen molar-refractivity contribution < 1.29 is 9.53 Å². The lowest BCUT2D eigenvalue weighted by molar-refractivity contribution is 0.0532. The molecule has 0 aliphatic heterocycles. The molecule has 3 aromatic rings. The lowest BCUT2D eigenvalue weighted by Gasteiger charge is -1.96. The molecule has 0 saturated heterocycles. The fraction of sp³-hybridized carbons (Fsp3) is 0.143. The van der Waals surface area contributed by atoms with E-state index in [0.717, 1.165) is 21.0 Å². The minimum Gasteiger partial charge on any atom is -0.462 e.